The van der Waals surface area contributed by atoms with E-state index in [1.54, 1.807) is 96.3 Å². The zero-order valence-electron chi connectivity index (χ0n) is 27.2. The number of hydrogen-bond donors (Lipinski definition) is 0. The van der Waals surface area contributed by atoms with E-state index < -0.39 is 13.5 Å². The van der Waals surface area contributed by atoms with E-state index in [9.17, 15) is 0 Å². The second-order valence-corrected chi connectivity index (χ2v) is 22.8. The molecule has 1 nitrogen and oxygen atoms in total. The Morgan fingerprint density at radius 2 is 0.933 bits per heavy atom. The molecule has 3 aromatic rings. The molecular weight excluding hydrogens is 697 g/mol. The average Bonchev–Trinajstić information content (AvgIpc) is 3.08. The molecule has 0 N–H and O–H groups in total. The Kier molecular flexibility index (Phi) is 15.6. The summed E-state index contributed by atoms with van der Waals surface area (Å²) in [7, 11) is 12.2. The molecule has 45 heavy (non-hydrogen) atoms. The van der Waals surface area contributed by atoms with Crippen molar-refractivity contribution in [3.8, 4) is 0 Å². The van der Waals surface area contributed by atoms with Gasteiger partial charge in [-0.05, 0) is 77.0 Å². The minimum atomic E-state index is -1.85. The third kappa shape index (κ3) is 11.9. The molecule has 3 fully saturated rings. The van der Waals surface area contributed by atoms with Crippen molar-refractivity contribution in [1.82, 2.24) is 4.90 Å². The summed E-state index contributed by atoms with van der Waals surface area (Å²) in [6.07, 6.45) is 23.8. The van der Waals surface area contributed by atoms with Gasteiger partial charge in [0.05, 0.1) is 17.0 Å². The van der Waals surface area contributed by atoms with Gasteiger partial charge in [0.1, 0.15) is 0 Å². The number of nitrogens with zero attached hydrogens (tertiary/aromatic N) is 1. The molecule has 0 aromatic heterocycles. The SMILES string of the molecule is C1CCC([PH+](C2CCCCC2)C2CCCCC2)CC1.[Cl][Ru]([Cl])=[CH]c1ccccc1CN(Cc1ccccc1)Cc1ccccc1. The fourth-order valence-electron chi connectivity index (χ4n) is 8.26. The third-order valence-electron chi connectivity index (χ3n) is 10.4. The third-order valence-corrected chi connectivity index (χ3v) is 16.8. The molecule has 3 aromatic carbocycles. The van der Waals surface area contributed by atoms with Crippen molar-refractivity contribution in [2.75, 3.05) is 0 Å². The van der Waals surface area contributed by atoms with Crippen LogP contribution in [0, 0.1) is 0 Å². The number of benzene rings is 3. The number of hydrogen-bond acceptors (Lipinski definition) is 1. The van der Waals surface area contributed by atoms with Gasteiger partial charge in [0.15, 0.2) is 0 Å². The van der Waals surface area contributed by atoms with Crippen molar-refractivity contribution in [2.45, 2.75) is 133 Å². The second-order valence-electron chi connectivity index (χ2n) is 13.6. The van der Waals surface area contributed by atoms with E-state index in [0.29, 0.717) is 0 Å². The fraction of sp³-hybridized carbons (Fsp3) is 0.525. The molecule has 0 radical (unpaired) electrons. The van der Waals surface area contributed by atoms with Gasteiger partial charge in [-0.3, -0.25) is 0 Å². The van der Waals surface area contributed by atoms with Crippen LogP contribution in [0.3, 0.4) is 0 Å². The van der Waals surface area contributed by atoms with E-state index in [4.69, 9.17) is 19.4 Å². The van der Waals surface area contributed by atoms with Gasteiger partial charge in [0.25, 0.3) is 0 Å². The van der Waals surface area contributed by atoms with Gasteiger partial charge in [-0.25, -0.2) is 0 Å². The topological polar surface area (TPSA) is 3.24 Å². The molecule has 0 spiro atoms. The Balaban J connectivity index is 0.000000186. The quantitative estimate of drug-likeness (QED) is 0.147. The van der Waals surface area contributed by atoms with E-state index in [2.05, 4.69) is 83.8 Å². The molecule has 0 aliphatic heterocycles. The number of rotatable bonds is 10. The number of halogens is 2. The molecular formula is C40H55Cl2NPRu+. The Morgan fingerprint density at radius 3 is 1.36 bits per heavy atom. The van der Waals surface area contributed by atoms with Crippen LogP contribution < -0.4 is 0 Å². The van der Waals surface area contributed by atoms with E-state index in [1.165, 1.54) is 33.7 Å². The molecule has 0 atom stereocenters. The molecule has 3 saturated carbocycles. The van der Waals surface area contributed by atoms with Crippen LogP contribution >= 0.6 is 27.3 Å². The predicted molar refractivity (Wildman–Crippen MR) is 198 cm³/mol. The summed E-state index contributed by atoms with van der Waals surface area (Å²) >= 11 is -1.85. The van der Waals surface area contributed by atoms with Crippen LogP contribution in [0.25, 0.3) is 0 Å². The molecule has 3 aliphatic rings. The summed E-state index contributed by atoms with van der Waals surface area (Å²) in [4.78, 5) is 2.46. The first-order chi connectivity index (χ1) is 22.2. The summed E-state index contributed by atoms with van der Waals surface area (Å²) in [5.74, 6) is 0. The zero-order valence-corrected chi connectivity index (χ0v) is 31.4. The zero-order chi connectivity index (χ0) is 31.1. The van der Waals surface area contributed by atoms with Gasteiger partial charge in [-0.1, -0.05) is 19.3 Å². The van der Waals surface area contributed by atoms with Gasteiger partial charge < -0.3 is 0 Å². The van der Waals surface area contributed by atoms with Crippen LogP contribution in [-0.2, 0) is 33.2 Å². The van der Waals surface area contributed by atoms with Crippen molar-refractivity contribution >= 4 is 31.9 Å². The van der Waals surface area contributed by atoms with Crippen molar-refractivity contribution < 1.29 is 13.5 Å². The predicted octanol–water partition coefficient (Wildman–Crippen LogP) is 12.2. The first kappa shape index (κ1) is 35.4. The maximum atomic E-state index is 6.12. The van der Waals surface area contributed by atoms with Crippen LogP contribution in [0.2, 0.25) is 0 Å². The molecule has 5 heteroatoms. The van der Waals surface area contributed by atoms with E-state index in [0.717, 1.165) is 25.2 Å². The summed E-state index contributed by atoms with van der Waals surface area (Å²) in [5.41, 5.74) is 8.72. The first-order valence-electron chi connectivity index (χ1n) is 17.7. The Labute approximate surface area is 288 Å². The normalized spacial score (nSPS) is 18.8. The molecule has 0 unspecified atom stereocenters. The van der Waals surface area contributed by atoms with Crippen LogP contribution in [0.15, 0.2) is 84.9 Å². The van der Waals surface area contributed by atoms with Crippen molar-refractivity contribution in [1.29, 1.82) is 0 Å². The van der Waals surface area contributed by atoms with E-state index in [-0.39, 0.29) is 7.92 Å². The van der Waals surface area contributed by atoms with Crippen LogP contribution in [0.1, 0.15) is 119 Å². The second kappa shape index (κ2) is 19.8. The molecule has 6 rings (SSSR count). The van der Waals surface area contributed by atoms with Crippen LogP contribution in [0.5, 0.6) is 0 Å². The van der Waals surface area contributed by atoms with Crippen LogP contribution in [-0.4, -0.2) is 26.5 Å². The molecule has 3 aliphatic carbocycles. The maximum absolute atomic E-state index is 6.12. The summed E-state index contributed by atoms with van der Waals surface area (Å²) < 4.78 is 2.03. The van der Waals surface area contributed by atoms with Crippen molar-refractivity contribution in [2.24, 2.45) is 0 Å². The standard InChI is InChI=1S/C22H21N.C18H33P.2ClH.Ru/c1-19-10-8-9-15-22(19)18-23(16-20-11-4-2-5-12-20)17-21-13-6-3-7-14-21;1-4-10-16(11-5-1)19(17-12-6-2-7-13-17)18-14-8-3-9-15-18;;;/h1-15H,16-18H2;16-18H,1-15H2;2*1H;/q;;;;+2/p-1. The van der Waals surface area contributed by atoms with Crippen LogP contribution in [0.4, 0.5) is 0 Å². The van der Waals surface area contributed by atoms with Gasteiger partial charge >= 0.3 is 169 Å². The molecule has 0 heterocycles. The van der Waals surface area contributed by atoms with Gasteiger partial charge in [-0.2, -0.15) is 0 Å². The van der Waals surface area contributed by atoms with Gasteiger partial charge in [0.2, 0.25) is 0 Å². The Hall–Kier alpha value is -0.877. The first-order valence-corrected chi connectivity index (χ1v) is 24.9. The summed E-state index contributed by atoms with van der Waals surface area (Å²) in [6.45, 7) is 2.64. The molecule has 0 saturated heterocycles. The minimum absolute atomic E-state index is 0.0465. The van der Waals surface area contributed by atoms with E-state index >= 15 is 0 Å². The van der Waals surface area contributed by atoms with Crippen molar-refractivity contribution in [3.05, 3.63) is 107 Å². The summed E-state index contributed by atoms with van der Waals surface area (Å²) in [5, 5.41) is 0. The molecule has 246 valence electrons. The van der Waals surface area contributed by atoms with Gasteiger partial charge in [-0.15, -0.1) is 0 Å². The molecule has 0 bridgehead atoms. The monoisotopic (exact) mass is 752 g/mol. The fourth-order valence-corrected chi connectivity index (χ4v) is 15.4. The Morgan fingerprint density at radius 1 is 0.533 bits per heavy atom. The average molecular weight is 753 g/mol. The summed E-state index contributed by atoms with van der Waals surface area (Å²) in [6, 6.07) is 29.6. The molecule has 0 amide bonds. The van der Waals surface area contributed by atoms with Crippen molar-refractivity contribution in [3.63, 3.8) is 0 Å². The van der Waals surface area contributed by atoms with Gasteiger partial charge in [0, 0.05) is 7.92 Å². The van der Waals surface area contributed by atoms with E-state index in [1.807, 2.05) is 10.7 Å². The Bertz CT molecular complexity index is 1180.